The fourth-order valence-electron chi connectivity index (χ4n) is 3.48. The Labute approximate surface area is 170 Å². The van der Waals surface area contributed by atoms with E-state index in [1.54, 1.807) is 6.92 Å². The van der Waals surface area contributed by atoms with Crippen LogP contribution in [-0.2, 0) is 22.4 Å². The molecule has 0 aliphatic heterocycles. The van der Waals surface area contributed by atoms with Crippen LogP contribution in [0.3, 0.4) is 0 Å². The maximum Gasteiger partial charge on any atom is 0.168 e. The predicted molar refractivity (Wildman–Crippen MR) is 120 cm³/mol. The van der Waals surface area contributed by atoms with Crippen molar-refractivity contribution in [2.45, 2.75) is 67.2 Å². The van der Waals surface area contributed by atoms with Gasteiger partial charge in [-0.05, 0) is 47.6 Å². The number of fused-ring (bicyclic) bond motifs is 1. The van der Waals surface area contributed by atoms with E-state index in [1.807, 2.05) is 64.1 Å². The molecule has 0 spiro atoms. The van der Waals surface area contributed by atoms with E-state index in [9.17, 15) is 9.59 Å². The topological polar surface area (TPSA) is 34.1 Å². The van der Waals surface area contributed by atoms with Crippen molar-refractivity contribution in [3.8, 4) is 0 Å². The number of allylic oxidation sites excluding steroid dienone is 2. The molecule has 0 saturated carbocycles. The van der Waals surface area contributed by atoms with Crippen molar-refractivity contribution in [3.63, 3.8) is 0 Å². The first kappa shape index (κ1) is 23.6. The molecule has 0 fully saturated rings. The zero-order chi connectivity index (χ0) is 21.1. The normalized spacial score (nSPS) is 12.3. The third kappa shape index (κ3) is 5.51. The highest BCUT2D eigenvalue weighted by Gasteiger charge is 2.27. The number of rotatable bonds is 5. The maximum atomic E-state index is 12.9. The third-order valence-electron chi connectivity index (χ3n) is 4.67. The summed E-state index contributed by atoms with van der Waals surface area (Å²) < 4.78 is 0. The highest BCUT2D eigenvalue weighted by molar-refractivity contribution is 6.30. The number of hydrogen-bond donors (Lipinski definition) is 0. The Hall–Kier alpha value is -2.48. The zero-order valence-electron chi connectivity index (χ0n) is 18.3. The van der Waals surface area contributed by atoms with Gasteiger partial charge in [-0.3, -0.25) is 4.79 Å². The number of Topliss-reactive ketones (excluding diaryl/α,β-unsaturated/α-hetero) is 2. The van der Waals surface area contributed by atoms with Crippen LogP contribution in [0.15, 0.2) is 48.5 Å². The van der Waals surface area contributed by atoms with E-state index < -0.39 is 0 Å². The molecule has 0 N–H and O–H groups in total. The first-order valence-corrected chi connectivity index (χ1v) is 10.5. The van der Waals surface area contributed by atoms with Gasteiger partial charge < -0.3 is 4.79 Å². The fourth-order valence-corrected chi connectivity index (χ4v) is 3.48. The van der Waals surface area contributed by atoms with Gasteiger partial charge >= 0.3 is 0 Å². The van der Waals surface area contributed by atoms with Crippen LogP contribution in [0, 0.1) is 0 Å². The van der Waals surface area contributed by atoms with Crippen LogP contribution in [-0.4, -0.2) is 11.6 Å². The van der Waals surface area contributed by atoms with Gasteiger partial charge in [-0.15, -0.1) is 0 Å². The number of aryl methyl sites for hydroxylation is 1. The number of carbonyl (C=O) groups excluding carboxylic acids is 2. The molecule has 0 bridgehead atoms. The quantitative estimate of drug-likeness (QED) is 0.579. The Morgan fingerprint density at radius 1 is 0.893 bits per heavy atom. The second-order valence-corrected chi connectivity index (χ2v) is 6.32. The van der Waals surface area contributed by atoms with E-state index in [-0.39, 0.29) is 11.6 Å². The number of benzene rings is 2. The molecule has 0 atom stereocenters. The SMILES string of the molecule is CC.CC.CCc1ccccc1C1=C(CCC(C)=O)c2ccccc2CC1=O. The van der Waals surface area contributed by atoms with Crippen molar-refractivity contribution < 1.29 is 9.59 Å². The van der Waals surface area contributed by atoms with Crippen LogP contribution in [0.2, 0.25) is 0 Å². The molecule has 2 aromatic carbocycles. The molecular weight excluding hydrogens is 344 g/mol. The molecule has 2 aromatic rings. The molecule has 0 radical (unpaired) electrons. The van der Waals surface area contributed by atoms with Gasteiger partial charge in [0.25, 0.3) is 0 Å². The minimum absolute atomic E-state index is 0.154. The molecule has 0 saturated heterocycles. The van der Waals surface area contributed by atoms with Crippen molar-refractivity contribution in [3.05, 3.63) is 70.8 Å². The highest BCUT2D eigenvalue weighted by atomic mass is 16.1. The number of ketones is 2. The first-order chi connectivity index (χ1) is 13.6. The van der Waals surface area contributed by atoms with Gasteiger partial charge in [-0.1, -0.05) is 83.1 Å². The van der Waals surface area contributed by atoms with Crippen LogP contribution in [0.1, 0.15) is 76.6 Å². The van der Waals surface area contributed by atoms with E-state index in [4.69, 9.17) is 0 Å². The average Bonchev–Trinajstić information content (AvgIpc) is 2.74. The zero-order valence-corrected chi connectivity index (χ0v) is 18.3. The number of hydrogen-bond acceptors (Lipinski definition) is 2. The fraction of sp³-hybridized carbons (Fsp3) is 0.385. The minimum atomic E-state index is 0.154. The van der Waals surface area contributed by atoms with Gasteiger partial charge in [-0.25, -0.2) is 0 Å². The van der Waals surface area contributed by atoms with Crippen LogP contribution < -0.4 is 0 Å². The standard InChI is InChI=1S/C22H22O2.2C2H6/c1-3-16-8-4-7-11-19(16)22-20(13-12-15(2)23)18-10-6-5-9-17(18)14-21(22)24;2*1-2/h4-11H,3,12-14H2,1-2H3;2*1-2H3. The van der Waals surface area contributed by atoms with Crippen molar-refractivity contribution in [1.82, 2.24) is 0 Å². The Morgan fingerprint density at radius 2 is 1.46 bits per heavy atom. The smallest absolute Gasteiger partial charge is 0.168 e. The van der Waals surface area contributed by atoms with Crippen LogP contribution in [0.5, 0.6) is 0 Å². The second-order valence-electron chi connectivity index (χ2n) is 6.32. The van der Waals surface area contributed by atoms with E-state index in [2.05, 4.69) is 19.1 Å². The van der Waals surface area contributed by atoms with E-state index in [1.165, 1.54) is 5.56 Å². The van der Waals surface area contributed by atoms with Gasteiger partial charge in [0.1, 0.15) is 5.78 Å². The summed E-state index contributed by atoms with van der Waals surface area (Å²) in [6.07, 6.45) is 2.40. The Bertz CT molecular complexity index is 828. The molecular formula is C26H34O2. The molecule has 28 heavy (non-hydrogen) atoms. The van der Waals surface area contributed by atoms with Crippen LogP contribution in [0.4, 0.5) is 0 Å². The predicted octanol–water partition coefficient (Wildman–Crippen LogP) is 6.71. The van der Waals surface area contributed by atoms with E-state index in [0.29, 0.717) is 19.3 Å². The summed E-state index contributed by atoms with van der Waals surface area (Å²) in [4.78, 5) is 24.5. The summed E-state index contributed by atoms with van der Waals surface area (Å²) in [7, 11) is 0. The lowest BCUT2D eigenvalue weighted by atomic mass is 9.78. The summed E-state index contributed by atoms with van der Waals surface area (Å²) in [6.45, 7) is 11.7. The first-order valence-electron chi connectivity index (χ1n) is 10.5. The van der Waals surface area contributed by atoms with Gasteiger partial charge in [0.05, 0.1) is 0 Å². The van der Waals surface area contributed by atoms with Gasteiger partial charge in [-0.2, -0.15) is 0 Å². The van der Waals surface area contributed by atoms with Crippen molar-refractivity contribution in [1.29, 1.82) is 0 Å². The van der Waals surface area contributed by atoms with Crippen molar-refractivity contribution in [2.24, 2.45) is 0 Å². The third-order valence-corrected chi connectivity index (χ3v) is 4.67. The molecule has 0 amide bonds. The molecule has 0 unspecified atom stereocenters. The lowest BCUT2D eigenvalue weighted by Gasteiger charge is -2.24. The van der Waals surface area contributed by atoms with Crippen LogP contribution >= 0.6 is 0 Å². The maximum absolute atomic E-state index is 12.9. The van der Waals surface area contributed by atoms with E-state index >= 15 is 0 Å². The van der Waals surface area contributed by atoms with Crippen LogP contribution in [0.25, 0.3) is 11.1 Å². The molecule has 3 rings (SSSR count). The summed E-state index contributed by atoms with van der Waals surface area (Å²) >= 11 is 0. The van der Waals surface area contributed by atoms with Crippen molar-refractivity contribution >= 4 is 22.7 Å². The Balaban J connectivity index is 0.000000921. The lowest BCUT2D eigenvalue weighted by molar-refractivity contribution is -0.117. The molecule has 0 aromatic heterocycles. The molecule has 1 aliphatic carbocycles. The molecule has 1 aliphatic rings. The summed E-state index contributed by atoms with van der Waals surface area (Å²) in [5, 5.41) is 0. The summed E-state index contributed by atoms with van der Waals surface area (Å²) in [5.74, 6) is 0.314. The Morgan fingerprint density at radius 3 is 2.07 bits per heavy atom. The molecule has 0 heterocycles. The largest absolute Gasteiger partial charge is 0.300 e. The second kappa shape index (κ2) is 12.1. The monoisotopic (exact) mass is 378 g/mol. The lowest BCUT2D eigenvalue weighted by Crippen LogP contribution is -2.16. The van der Waals surface area contributed by atoms with Gasteiger partial charge in [0, 0.05) is 18.4 Å². The van der Waals surface area contributed by atoms with Gasteiger partial charge in [0.2, 0.25) is 0 Å². The summed E-state index contributed by atoms with van der Waals surface area (Å²) in [6, 6.07) is 16.2. The highest BCUT2D eigenvalue weighted by Crippen LogP contribution is 2.38. The van der Waals surface area contributed by atoms with E-state index in [0.717, 1.165) is 34.3 Å². The average molecular weight is 379 g/mol. The van der Waals surface area contributed by atoms with Gasteiger partial charge in [0.15, 0.2) is 5.78 Å². The summed E-state index contributed by atoms with van der Waals surface area (Å²) in [5.41, 5.74) is 6.24. The molecule has 2 heteroatoms. The minimum Gasteiger partial charge on any atom is -0.300 e. The Kier molecular flexibility index (Phi) is 10.2. The number of carbonyl (C=O) groups is 2. The molecule has 150 valence electrons. The molecule has 2 nitrogen and oxygen atoms in total. The van der Waals surface area contributed by atoms with Crippen molar-refractivity contribution in [2.75, 3.05) is 0 Å².